The van der Waals surface area contributed by atoms with Crippen LogP contribution in [-0.4, -0.2) is 30.5 Å². The average molecular weight is 371 g/mol. The van der Waals surface area contributed by atoms with E-state index in [2.05, 4.69) is 24.3 Å². The lowest BCUT2D eigenvalue weighted by Gasteiger charge is -2.32. The highest BCUT2D eigenvalue weighted by molar-refractivity contribution is 5.89. The third kappa shape index (κ3) is 2.77. The van der Waals surface area contributed by atoms with Gasteiger partial charge in [0.1, 0.15) is 6.61 Å². The van der Waals surface area contributed by atoms with Crippen molar-refractivity contribution in [3.8, 4) is 11.1 Å². The Kier molecular flexibility index (Phi) is 4.14. The van der Waals surface area contributed by atoms with Crippen LogP contribution in [0.1, 0.15) is 22.6 Å². The summed E-state index contributed by atoms with van der Waals surface area (Å²) in [7, 11) is 0. The second-order valence-electron chi connectivity index (χ2n) is 7.40. The molecule has 1 aliphatic heterocycles. The lowest BCUT2D eigenvalue weighted by Crippen LogP contribution is -2.43. The summed E-state index contributed by atoms with van der Waals surface area (Å²) in [5, 5.41) is 10.2. The SMILES string of the molecule is O=C(OCC1c2ccccc2-c2ccccc21)N1CC(O)Cc2ccccc21. The van der Waals surface area contributed by atoms with Crippen molar-refractivity contribution in [3.63, 3.8) is 0 Å². The first-order valence-corrected chi connectivity index (χ1v) is 9.61. The lowest BCUT2D eigenvalue weighted by molar-refractivity contribution is 0.136. The van der Waals surface area contributed by atoms with Gasteiger partial charge in [0.15, 0.2) is 0 Å². The van der Waals surface area contributed by atoms with Crippen molar-refractivity contribution >= 4 is 11.8 Å². The number of aliphatic hydroxyl groups excluding tert-OH is 1. The second kappa shape index (κ2) is 6.80. The van der Waals surface area contributed by atoms with Crippen molar-refractivity contribution in [3.05, 3.63) is 89.5 Å². The second-order valence-corrected chi connectivity index (χ2v) is 7.40. The maximum atomic E-state index is 12.9. The van der Waals surface area contributed by atoms with Crippen molar-refractivity contribution in [1.29, 1.82) is 0 Å². The zero-order valence-corrected chi connectivity index (χ0v) is 15.4. The van der Waals surface area contributed by atoms with Crippen LogP contribution in [-0.2, 0) is 11.2 Å². The molecule has 4 nitrogen and oxygen atoms in total. The summed E-state index contributed by atoms with van der Waals surface area (Å²) in [6.45, 7) is 0.537. The molecular formula is C24H21NO3. The van der Waals surface area contributed by atoms with E-state index in [1.54, 1.807) is 4.90 Å². The number of hydrogen-bond acceptors (Lipinski definition) is 3. The van der Waals surface area contributed by atoms with E-state index in [1.165, 1.54) is 22.3 Å². The molecule has 1 N–H and O–H groups in total. The van der Waals surface area contributed by atoms with Crippen LogP contribution in [0.3, 0.4) is 0 Å². The van der Waals surface area contributed by atoms with Crippen molar-refractivity contribution in [2.45, 2.75) is 18.4 Å². The fourth-order valence-electron chi connectivity index (χ4n) is 4.42. The largest absolute Gasteiger partial charge is 0.448 e. The van der Waals surface area contributed by atoms with Crippen LogP contribution in [0.15, 0.2) is 72.8 Å². The normalized spacial score (nSPS) is 17.6. The van der Waals surface area contributed by atoms with Gasteiger partial charge >= 0.3 is 6.09 Å². The van der Waals surface area contributed by atoms with Crippen LogP contribution in [0.4, 0.5) is 10.5 Å². The summed E-state index contributed by atoms with van der Waals surface area (Å²) in [5.74, 6) is 0.0290. The van der Waals surface area contributed by atoms with E-state index >= 15 is 0 Å². The van der Waals surface area contributed by atoms with Gasteiger partial charge in [-0.2, -0.15) is 0 Å². The third-order valence-corrected chi connectivity index (χ3v) is 5.69. The van der Waals surface area contributed by atoms with Gasteiger partial charge in [0.2, 0.25) is 0 Å². The smallest absolute Gasteiger partial charge is 0.414 e. The van der Waals surface area contributed by atoms with Gasteiger partial charge in [0.05, 0.1) is 18.3 Å². The van der Waals surface area contributed by atoms with Gasteiger partial charge in [-0.15, -0.1) is 0 Å². The molecule has 1 amide bonds. The first-order valence-electron chi connectivity index (χ1n) is 9.61. The van der Waals surface area contributed by atoms with E-state index in [9.17, 15) is 9.90 Å². The first-order chi connectivity index (χ1) is 13.7. The maximum Gasteiger partial charge on any atom is 0.414 e. The Bertz CT molecular complexity index is 1000. The quantitative estimate of drug-likeness (QED) is 0.728. The zero-order valence-electron chi connectivity index (χ0n) is 15.4. The standard InChI is InChI=1S/C24H21NO3/c26-17-13-16-7-1-6-12-23(16)25(14-17)24(27)28-15-22-20-10-4-2-8-18(20)19-9-3-5-11-21(19)22/h1-12,17,22,26H,13-15H2. The fourth-order valence-corrected chi connectivity index (χ4v) is 4.42. The topological polar surface area (TPSA) is 49.8 Å². The molecule has 0 spiro atoms. The van der Waals surface area contributed by atoms with Gasteiger partial charge < -0.3 is 9.84 Å². The van der Waals surface area contributed by atoms with Crippen molar-refractivity contribution in [1.82, 2.24) is 0 Å². The first kappa shape index (κ1) is 17.0. The predicted octanol–water partition coefficient (Wildman–Crippen LogP) is 4.36. The maximum absolute atomic E-state index is 12.9. The van der Waals surface area contributed by atoms with Gasteiger partial charge in [-0.3, -0.25) is 4.90 Å². The van der Waals surface area contributed by atoms with Crippen LogP contribution < -0.4 is 4.90 Å². The van der Waals surface area contributed by atoms with Gasteiger partial charge in [0, 0.05) is 12.3 Å². The number of ether oxygens (including phenoxy) is 1. The number of hydrogen-bond donors (Lipinski definition) is 1. The molecule has 3 aromatic rings. The van der Waals surface area contributed by atoms with Gasteiger partial charge in [-0.1, -0.05) is 66.7 Å². The summed E-state index contributed by atoms with van der Waals surface area (Å²) in [6.07, 6.45) is -0.424. The Morgan fingerprint density at radius 3 is 2.25 bits per heavy atom. The average Bonchev–Trinajstić information content (AvgIpc) is 3.05. The number of anilines is 1. The van der Waals surface area contributed by atoms with Crippen LogP contribution in [0, 0.1) is 0 Å². The highest BCUT2D eigenvalue weighted by Crippen LogP contribution is 2.44. The molecule has 3 aromatic carbocycles. The zero-order chi connectivity index (χ0) is 19.1. The molecule has 1 unspecified atom stereocenters. The molecule has 1 atom stereocenters. The summed E-state index contributed by atoms with van der Waals surface area (Å²) in [5.41, 5.74) is 6.58. The Balaban J connectivity index is 1.39. The molecule has 0 bridgehead atoms. The molecule has 2 aliphatic rings. The highest BCUT2D eigenvalue weighted by Gasteiger charge is 2.32. The molecule has 28 heavy (non-hydrogen) atoms. The number of carbonyl (C=O) groups excluding carboxylic acids is 1. The van der Waals surface area contributed by atoms with E-state index in [1.807, 2.05) is 48.5 Å². The molecule has 5 rings (SSSR count). The minimum Gasteiger partial charge on any atom is -0.448 e. The minimum absolute atomic E-state index is 0.0290. The van der Waals surface area contributed by atoms with Crippen molar-refractivity contribution < 1.29 is 14.6 Å². The Hall–Kier alpha value is -3.11. The molecule has 0 radical (unpaired) electrons. The van der Waals surface area contributed by atoms with Crippen LogP contribution in [0.5, 0.6) is 0 Å². The number of β-amino-alcohol motifs (C(OH)–C–C–N with tert-alkyl or cyclic N) is 1. The van der Waals surface area contributed by atoms with Crippen molar-refractivity contribution in [2.24, 2.45) is 0 Å². The number of carbonyl (C=O) groups is 1. The van der Waals surface area contributed by atoms with Gasteiger partial charge in [-0.25, -0.2) is 4.79 Å². The molecule has 0 saturated heterocycles. The van der Waals surface area contributed by atoms with Gasteiger partial charge in [-0.05, 0) is 33.9 Å². The number of fused-ring (bicyclic) bond motifs is 4. The van der Waals surface area contributed by atoms with E-state index < -0.39 is 12.2 Å². The molecule has 0 saturated carbocycles. The summed E-state index contributed by atoms with van der Waals surface area (Å²) >= 11 is 0. The summed E-state index contributed by atoms with van der Waals surface area (Å²) in [6, 6.07) is 24.2. The van der Waals surface area contributed by atoms with Crippen LogP contribution in [0.2, 0.25) is 0 Å². The van der Waals surface area contributed by atoms with Crippen LogP contribution >= 0.6 is 0 Å². The molecule has 0 fully saturated rings. The fraction of sp³-hybridized carbons (Fsp3) is 0.208. The highest BCUT2D eigenvalue weighted by atomic mass is 16.6. The van der Waals surface area contributed by atoms with Crippen molar-refractivity contribution in [2.75, 3.05) is 18.1 Å². The summed E-state index contributed by atoms with van der Waals surface area (Å²) < 4.78 is 5.76. The lowest BCUT2D eigenvalue weighted by atomic mass is 9.98. The Morgan fingerprint density at radius 2 is 1.54 bits per heavy atom. The molecule has 140 valence electrons. The minimum atomic E-state index is -0.574. The molecule has 1 heterocycles. The van der Waals surface area contributed by atoms with Gasteiger partial charge in [0.25, 0.3) is 0 Å². The van der Waals surface area contributed by atoms with E-state index in [4.69, 9.17) is 4.74 Å². The Labute approximate surface area is 164 Å². The monoisotopic (exact) mass is 371 g/mol. The number of amides is 1. The molecule has 4 heteroatoms. The number of benzene rings is 3. The molecular weight excluding hydrogens is 350 g/mol. The number of para-hydroxylation sites is 1. The molecule has 1 aliphatic carbocycles. The number of rotatable bonds is 2. The Morgan fingerprint density at radius 1 is 0.929 bits per heavy atom. The number of nitrogens with zero attached hydrogens (tertiary/aromatic N) is 1. The molecule has 0 aromatic heterocycles. The van der Waals surface area contributed by atoms with E-state index in [0.29, 0.717) is 6.42 Å². The van der Waals surface area contributed by atoms with E-state index in [0.717, 1.165) is 11.3 Å². The predicted molar refractivity (Wildman–Crippen MR) is 109 cm³/mol. The third-order valence-electron chi connectivity index (χ3n) is 5.69. The van der Waals surface area contributed by atoms with E-state index in [-0.39, 0.29) is 19.1 Å². The van der Waals surface area contributed by atoms with Crippen LogP contribution in [0.25, 0.3) is 11.1 Å². The summed E-state index contributed by atoms with van der Waals surface area (Å²) in [4.78, 5) is 14.4. The number of aliphatic hydroxyl groups is 1.